The maximum atomic E-state index is 13.0. The molecule has 0 radical (unpaired) electrons. The monoisotopic (exact) mass is 347 g/mol. The van der Waals surface area contributed by atoms with Crippen LogP contribution >= 0.6 is 11.6 Å². The highest BCUT2D eigenvalue weighted by Gasteiger charge is 2.68. The Labute approximate surface area is 143 Å². The minimum Gasteiger partial charge on any atom is -0.462 e. The third-order valence-electron chi connectivity index (χ3n) is 4.75. The maximum Gasteiger partial charge on any atom is 0.302 e. The van der Waals surface area contributed by atoms with E-state index in [0.29, 0.717) is 10.7 Å². The zero-order valence-corrected chi connectivity index (χ0v) is 13.5. The Balaban J connectivity index is 1.72. The summed E-state index contributed by atoms with van der Waals surface area (Å²) in [5.41, 5.74) is -0.713. The molecule has 0 spiro atoms. The van der Waals surface area contributed by atoms with Crippen LogP contribution in [-0.4, -0.2) is 36.1 Å². The summed E-state index contributed by atoms with van der Waals surface area (Å²) in [6.45, 7) is 1.20. The quantitative estimate of drug-likeness (QED) is 0.473. The number of esters is 1. The van der Waals surface area contributed by atoms with Gasteiger partial charge in [-0.15, -0.1) is 0 Å². The molecular formula is C17H14ClNO5. The molecule has 24 heavy (non-hydrogen) atoms. The molecule has 0 N–H and O–H groups in total. The summed E-state index contributed by atoms with van der Waals surface area (Å²) in [5, 5.41) is 0.328. The fourth-order valence-electron chi connectivity index (χ4n) is 3.75. The van der Waals surface area contributed by atoms with Gasteiger partial charge in [-0.05, 0) is 18.2 Å². The van der Waals surface area contributed by atoms with Crippen LogP contribution in [0.4, 0.5) is 5.69 Å². The molecule has 6 nitrogen and oxygen atoms in total. The number of fused-ring (bicyclic) bond motifs is 5. The summed E-state index contributed by atoms with van der Waals surface area (Å²) in [7, 11) is 0. The number of benzene rings is 1. The molecular weight excluding hydrogens is 334 g/mol. The first-order valence-corrected chi connectivity index (χ1v) is 7.95. The van der Waals surface area contributed by atoms with Crippen molar-refractivity contribution in [3.05, 3.63) is 41.4 Å². The van der Waals surface area contributed by atoms with E-state index in [-0.39, 0.29) is 18.4 Å². The molecule has 3 aliphatic rings. The molecule has 3 heterocycles. The Morgan fingerprint density at radius 2 is 2.08 bits per heavy atom. The van der Waals surface area contributed by atoms with Crippen molar-refractivity contribution in [2.45, 2.75) is 18.6 Å². The summed E-state index contributed by atoms with van der Waals surface area (Å²) in [4.78, 5) is 38.1. The number of para-hydroxylation sites is 1. The van der Waals surface area contributed by atoms with Gasteiger partial charge >= 0.3 is 5.97 Å². The zero-order valence-electron chi connectivity index (χ0n) is 12.8. The first-order valence-electron chi connectivity index (χ1n) is 7.57. The zero-order chi connectivity index (χ0) is 17.1. The van der Waals surface area contributed by atoms with Gasteiger partial charge in [-0.2, -0.15) is 0 Å². The number of imide groups is 1. The van der Waals surface area contributed by atoms with Crippen molar-refractivity contribution in [3.8, 4) is 0 Å². The lowest BCUT2D eigenvalue weighted by Gasteiger charge is -2.28. The van der Waals surface area contributed by atoms with E-state index in [9.17, 15) is 14.4 Å². The van der Waals surface area contributed by atoms with Crippen LogP contribution < -0.4 is 4.90 Å². The van der Waals surface area contributed by atoms with Crippen molar-refractivity contribution < 1.29 is 23.9 Å². The second kappa shape index (κ2) is 5.16. The summed E-state index contributed by atoms with van der Waals surface area (Å²) < 4.78 is 10.9. The predicted octanol–water partition coefficient (Wildman–Crippen LogP) is 1.72. The Morgan fingerprint density at radius 3 is 2.79 bits per heavy atom. The fourth-order valence-corrected chi connectivity index (χ4v) is 3.97. The van der Waals surface area contributed by atoms with Gasteiger partial charge in [0, 0.05) is 6.92 Å². The number of hydrogen-bond donors (Lipinski definition) is 0. The minimum atomic E-state index is -1.08. The third-order valence-corrected chi connectivity index (χ3v) is 5.07. The molecule has 2 saturated heterocycles. The van der Waals surface area contributed by atoms with Gasteiger partial charge in [0.05, 0.1) is 28.6 Å². The Hall–Kier alpha value is -2.18. The first-order chi connectivity index (χ1) is 11.4. The number of rotatable bonds is 3. The molecule has 2 bridgehead atoms. The molecule has 4 atom stereocenters. The second-order valence-electron chi connectivity index (χ2n) is 6.14. The van der Waals surface area contributed by atoms with E-state index in [0.717, 1.165) is 4.90 Å². The van der Waals surface area contributed by atoms with Crippen molar-refractivity contribution in [3.63, 3.8) is 0 Å². The van der Waals surface area contributed by atoms with Crippen molar-refractivity contribution in [1.29, 1.82) is 0 Å². The van der Waals surface area contributed by atoms with E-state index in [1.165, 1.54) is 6.92 Å². The van der Waals surface area contributed by atoms with E-state index in [4.69, 9.17) is 21.1 Å². The fraction of sp³-hybridized carbons (Fsp3) is 0.353. The van der Waals surface area contributed by atoms with Crippen molar-refractivity contribution in [2.24, 2.45) is 11.8 Å². The van der Waals surface area contributed by atoms with E-state index in [2.05, 4.69) is 0 Å². The number of carbonyl (C=O) groups is 3. The van der Waals surface area contributed by atoms with E-state index >= 15 is 0 Å². The largest absolute Gasteiger partial charge is 0.462 e. The topological polar surface area (TPSA) is 72.9 Å². The highest BCUT2D eigenvalue weighted by atomic mass is 35.5. The van der Waals surface area contributed by atoms with E-state index in [1.54, 1.807) is 36.4 Å². The highest BCUT2D eigenvalue weighted by molar-refractivity contribution is 6.36. The molecule has 4 rings (SSSR count). The molecule has 1 aromatic rings. The number of hydrogen-bond acceptors (Lipinski definition) is 5. The number of nitrogens with zero attached hydrogens (tertiary/aromatic N) is 1. The van der Waals surface area contributed by atoms with Crippen molar-refractivity contribution in [2.75, 3.05) is 11.5 Å². The van der Waals surface area contributed by atoms with Crippen LogP contribution in [0.5, 0.6) is 0 Å². The van der Waals surface area contributed by atoms with E-state index < -0.39 is 29.5 Å². The average molecular weight is 348 g/mol. The molecule has 2 fully saturated rings. The van der Waals surface area contributed by atoms with Gasteiger partial charge in [-0.1, -0.05) is 29.8 Å². The molecule has 3 aliphatic heterocycles. The SMILES string of the molecule is CC(=O)OC[C@@]12C=C[C@@H](O1)[C@@H]1C(=O)N(c3ccccc3Cl)C(=O)[C@@H]12. The normalized spacial score (nSPS) is 33.2. The molecule has 7 heteroatoms. The van der Waals surface area contributed by atoms with Crippen molar-refractivity contribution in [1.82, 2.24) is 0 Å². The summed E-state index contributed by atoms with van der Waals surface area (Å²) in [6, 6.07) is 6.71. The molecule has 1 aromatic carbocycles. The molecule has 124 valence electrons. The van der Waals surface area contributed by atoms with Crippen LogP contribution in [-0.2, 0) is 23.9 Å². The number of halogens is 1. The van der Waals surface area contributed by atoms with Crippen LogP contribution in [0.1, 0.15) is 6.92 Å². The molecule has 0 saturated carbocycles. The van der Waals surface area contributed by atoms with Crippen LogP contribution in [0.25, 0.3) is 0 Å². The summed E-state index contributed by atoms with van der Waals surface area (Å²) in [6.07, 6.45) is 2.99. The lowest BCUT2D eigenvalue weighted by atomic mass is 9.77. The lowest BCUT2D eigenvalue weighted by molar-refractivity contribution is -0.150. The van der Waals surface area contributed by atoms with E-state index in [1.807, 2.05) is 0 Å². The van der Waals surface area contributed by atoms with Crippen LogP contribution in [0.3, 0.4) is 0 Å². The van der Waals surface area contributed by atoms with Crippen LogP contribution in [0.15, 0.2) is 36.4 Å². The third kappa shape index (κ3) is 1.96. The number of anilines is 1. The first kappa shape index (κ1) is 15.4. The Kier molecular flexibility index (Phi) is 3.30. The molecule has 2 amide bonds. The van der Waals surface area contributed by atoms with Gasteiger partial charge in [0.1, 0.15) is 12.2 Å². The second-order valence-corrected chi connectivity index (χ2v) is 6.55. The Bertz CT molecular complexity index is 791. The van der Waals surface area contributed by atoms with Gasteiger partial charge in [-0.25, -0.2) is 4.90 Å². The standard InChI is InChI=1S/C17H14ClNO5/c1-9(20)23-8-17-7-6-12(24-17)13-14(17)16(22)19(15(13)21)11-5-3-2-4-10(11)18/h2-7,12-14H,8H2,1H3/t12-,13+,14-,17-/m1/s1. The number of carbonyl (C=O) groups excluding carboxylic acids is 3. The van der Waals surface area contributed by atoms with Gasteiger partial charge < -0.3 is 9.47 Å². The van der Waals surface area contributed by atoms with Gasteiger partial charge in [0.25, 0.3) is 0 Å². The smallest absolute Gasteiger partial charge is 0.302 e. The minimum absolute atomic E-state index is 0.0914. The molecule has 0 aliphatic carbocycles. The summed E-state index contributed by atoms with van der Waals surface area (Å²) in [5.74, 6) is -2.51. The van der Waals surface area contributed by atoms with Gasteiger partial charge in [-0.3, -0.25) is 14.4 Å². The van der Waals surface area contributed by atoms with Gasteiger partial charge in [0.15, 0.2) is 0 Å². The summed E-state index contributed by atoms with van der Waals surface area (Å²) >= 11 is 6.16. The van der Waals surface area contributed by atoms with Crippen molar-refractivity contribution >= 4 is 35.1 Å². The molecule has 0 aromatic heterocycles. The maximum absolute atomic E-state index is 13.0. The van der Waals surface area contributed by atoms with Gasteiger partial charge in [0.2, 0.25) is 11.8 Å². The van der Waals surface area contributed by atoms with Crippen LogP contribution in [0.2, 0.25) is 5.02 Å². The highest BCUT2D eigenvalue weighted by Crippen LogP contribution is 2.53. The molecule has 0 unspecified atom stereocenters. The van der Waals surface area contributed by atoms with Crippen LogP contribution in [0, 0.1) is 11.8 Å². The lowest BCUT2D eigenvalue weighted by Crippen LogP contribution is -2.44. The number of amides is 2. The average Bonchev–Trinajstić information content (AvgIpc) is 3.18. The Morgan fingerprint density at radius 1 is 1.33 bits per heavy atom. The number of ether oxygens (including phenoxy) is 2. The predicted molar refractivity (Wildman–Crippen MR) is 84.3 cm³/mol.